The second kappa shape index (κ2) is 15.9. The highest BCUT2D eigenvalue weighted by Crippen LogP contribution is 2.27. The van der Waals surface area contributed by atoms with Crippen LogP contribution in [0.3, 0.4) is 0 Å². The van der Waals surface area contributed by atoms with Gasteiger partial charge in [-0.25, -0.2) is 4.39 Å². The molecule has 2 aliphatic rings. The molecule has 1 fully saturated rings. The number of hydrogen-bond donors (Lipinski definition) is 1. The summed E-state index contributed by atoms with van der Waals surface area (Å²) in [6.07, 6.45) is 11.0. The maximum atomic E-state index is 14.8. The number of alkyl halides is 1. The first-order valence-electron chi connectivity index (χ1n) is 12.9. The molecule has 218 valence electrons. The minimum Gasteiger partial charge on any atom is -0.381 e. The van der Waals surface area contributed by atoms with Crippen LogP contribution in [0.5, 0.6) is 0 Å². The molecular formula is C29H33F2N5O5. The van der Waals surface area contributed by atoms with E-state index in [9.17, 15) is 18.4 Å². The summed E-state index contributed by atoms with van der Waals surface area (Å²) in [5.41, 5.74) is 7.43. The zero-order valence-electron chi connectivity index (χ0n) is 22.9. The van der Waals surface area contributed by atoms with Crippen molar-refractivity contribution in [2.45, 2.75) is 19.4 Å². The van der Waals surface area contributed by atoms with E-state index in [4.69, 9.17) is 15.0 Å². The molecule has 41 heavy (non-hydrogen) atoms. The number of nitrogens with zero attached hydrogens (tertiary/aromatic N) is 4. The first-order chi connectivity index (χ1) is 19.9. The topological polar surface area (TPSA) is 128 Å². The maximum Gasteiger partial charge on any atom is 0.225 e. The first kappa shape index (κ1) is 31.0. The van der Waals surface area contributed by atoms with E-state index < -0.39 is 0 Å². The minimum atomic E-state index is -0.321. The molecule has 0 radical (unpaired) electrons. The van der Waals surface area contributed by atoms with Gasteiger partial charge in [0.15, 0.2) is 5.82 Å². The Balaban J connectivity index is 0.000000505. The number of anilines is 2. The van der Waals surface area contributed by atoms with E-state index in [1.54, 1.807) is 54.3 Å². The molecule has 0 saturated carbocycles. The highest BCUT2D eigenvalue weighted by Gasteiger charge is 2.23. The number of allylic oxidation sites excluding steroid dienone is 4. The zero-order valence-corrected chi connectivity index (χ0v) is 22.9. The molecule has 2 N–H and O–H groups in total. The van der Waals surface area contributed by atoms with Crippen LogP contribution in [-0.4, -0.2) is 73.5 Å². The van der Waals surface area contributed by atoms with Gasteiger partial charge in [0.2, 0.25) is 5.91 Å². The number of halogens is 2. The molecular weight excluding hydrogens is 536 g/mol. The molecule has 1 amide bonds. The maximum absolute atomic E-state index is 14.8. The number of aryl methyl sites for hydroxylation is 1. The number of carbonyl (C=O) groups excluding carboxylic acids is 2. The van der Waals surface area contributed by atoms with Crippen LogP contribution < -0.4 is 10.6 Å². The third-order valence-electron chi connectivity index (χ3n) is 6.13. The van der Waals surface area contributed by atoms with E-state index in [0.717, 1.165) is 6.29 Å². The van der Waals surface area contributed by atoms with Crippen LogP contribution in [0.4, 0.5) is 20.3 Å². The molecule has 5 rings (SSSR count). The van der Waals surface area contributed by atoms with Crippen LogP contribution in [0.25, 0.3) is 11.3 Å². The summed E-state index contributed by atoms with van der Waals surface area (Å²) in [5.74, 6) is 0.792. The number of benzene rings is 1. The molecule has 1 aliphatic carbocycles. The summed E-state index contributed by atoms with van der Waals surface area (Å²) in [6, 6.07) is 8.39. The lowest BCUT2D eigenvalue weighted by atomic mass is 10.1. The van der Waals surface area contributed by atoms with Crippen molar-refractivity contribution in [3.05, 3.63) is 84.1 Å². The predicted molar refractivity (Wildman–Crippen MR) is 150 cm³/mol. The summed E-state index contributed by atoms with van der Waals surface area (Å²) in [4.78, 5) is 27.1. The van der Waals surface area contributed by atoms with Crippen molar-refractivity contribution >= 4 is 23.7 Å². The molecule has 0 spiro atoms. The van der Waals surface area contributed by atoms with Crippen LogP contribution in [0, 0.1) is 12.7 Å². The summed E-state index contributed by atoms with van der Waals surface area (Å²) in [6.45, 7) is 4.24. The molecule has 2 aromatic heterocycles. The molecule has 0 bridgehead atoms. The van der Waals surface area contributed by atoms with Crippen LogP contribution in [0.1, 0.15) is 12.2 Å². The highest BCUT2D eigenvalue weighted by atomic mass is 19.1. The lowest BCUT2D eigenvalue weighted by molar-refractivity contribution is -0.132. The second-order valence-corrected chi connectivity index (χ2v) is 8.90. The minimum absolute atomic E-state index is 0.0140. The number of nitrogen functional groups attached to an aromatic ring is 1. The zero-order chi connectivity index (χ0) is 29.6. The molecule has 3 aromatic rings. The number of nitrogens with two attached hydrogens (primary N) is 1. The van der Waals surface area contributed by atoms with Gasteiger partial charge < -0.3 is 29.3 Å². The molecule has 1 atom stereocenters. The number of ether oxygens (including phenoxy) is 1. The Morgan fingerprint density at radius 3 is 2.51 bits per heavy atom. The van der Waals surface area contributed by atoms with E-state index in [-0.39, 0.29) is 30.9 Å². The Kier molecular flexibility index (Phi) is 12.0. The van der Waals surface area contributed by atoms with Crippen molar-refractivity contribution in [3.63, 3.8) is 0 Å². The van der Waals surface area contributed by atoms with Crippen LogP contribution >= 0.6 is 0 Å². The Labute approximate surface area is 236 Å². The van der Waals surface area contributed by atoms with Gasteiger partial charge in [-0.1, -0.05) is 46.8 Å². The van der Waals surface area contributed by atoms with Crippen molar-refractivity contribution in [1.29, 1.82) is 0 Å². The Morgan fingerprint density at radius 1 is 1.15 bits per heavy atom. The van der Waals surface area contributed by atoms with E-state index in [1.807, 2.05) is 17.0 Å². The fraction of sp³-hybridized carbons (Fsp3) is 0.310. The normalized spacial score (nSPS) is 16.1. The molecule has 1 aliphatic heterocycles. The fourth-order valence-corrected chi connectivity index (χ4v) is 4.08. The summed E-state index contributed by atoms with van der Waals surface area (Å²) in [5, 5.41) is 7.25. The number of carbonyl (C=O) groups is 2. The number of aldehydes is 1. The molecule has 10 nitrogen and oxygen atoms in total. The first-order valence-corrected chi connectivity index (χ1v) is 12.9. The number of aromatic nitrogens is 2. The fourth-order valence-electron chi connectivity index (χ4n) is 4.08. The van der Waals surface area contributed by atoms with Gasteiger partial charge in [0, 0.05) is 49.4 Å². The largest absolute Gasteiger partial charge is 0.381 e. The number of piperazine rings is 1. The molecule has 1 saturated heterocycles. The third-order valence-corrected chi connectivity index (χ3v) is 6.13. The average molecular weight is 570 g/mol. The van der Waals surface area contributed by atoms with Crippen molar-refractivity contribution in [2.24, 2.45) is 0 Å². The smallest absolute Gasteiger partial charge is 0.225 e. The molecule has 1 unspecified atom stereocenters. The summed E-state index contributed by atoms with van der Waals surface area (Å²) >= 11 is 0. The lowest BCUT2D eigenvalue weighted by Crippen LogP contribution is -2.49. The second-order valence-electron chi connectivity index (χ2n) is 8.90. The van der Waals surface area contributed by atoms with E-state index in [2.05, 4.69) is 14.8 Å². The van der Waals surface area contributed by atoms with Crippen LogP contribution in [-0.2, 0) is 14.3 Å². The van der Waals surface area contributed by atoms with Crippen molar-refractivity contribution in [3.8, 4) is 11.3 Å². The Bertz CT molecular complexity index is 1350. The molecule has 3 heterocycles. The van der Waals surface area contributed by atoms with Crippen LogP contribution in [0.15, 0.2) is 81.6 Å². The number of hydrogen-bond acceptors (Lipinski definition) is 9. The van der Waals surface area contributed by atoms with Crippen molar-refractivity contribution in [2.75, 3.05) is 50.6 Å². The van der Waals surface area contributed by atoms with Gasteiger partial charge in [0.1, 0.15) is 29.8 Å². The van der Waals surface area contributed by atoms with E-state index in [1.165, 1.54) is 12.3 Å². The van der Waals surface area contributed by atoms with Gasteiger partial charge in [0.05, 0.1) is 32.0 Å². The number of rotatable bonds is 7. The standard InChI is InChI=1S/C25H26FN3O4.C3H4N2O.CH3F/c1-18-15-23(27-33-18)20-6-8-24(22(26)16-20)28-10-12-29(13-11-28)25(31)9-14-32-21-4-2-3-19(17-30)5-7-21;4-3-1-2-6-5-3;1-2/h2-8,15-17,21H,9-14H2,1H3;1-2H,(H2,4,5);1H3. The highest BCUT2D eigenvalue weighted by molar-refractivity contribution is 5.78. The quantitative estimate of drug-likeness (QED) is 0.414. The van der Waals surface area contributed by atoms with Gasteiger partial charge in [0.25, 0.3) is 0 Å². The Hall–Kier alpha value is -4.58. The summed E-state index contributed by atoms with van der Waals surface area (Å²) < 4.78 is 39.4. The van der Waals surface area contributed by atoms with E-state index >= 15 is 0 Å². The average Bonchev–Trinajstić information content (AvgIpc) is 3.60. The van der Waals surface area contributed by atoms with Gasteiger partial charge in [-0.15, -0.1) is 0 Å². The van der Waals surface area contributed by atoms with Gasteiger partial charge >= 0.3 is 0 Å². The van der Waals surface area contributed by atoms with Crippen molar-refractivity contribution < 1.29 is 32.2 Å². The van der Waals surface area contributed by atoms with Gasteiger partial charge in [-0.2, -0.15) is 0 Å². The van der Waals surface area contributed by atoms with Gasteiger partial charge in [-0.05, 0) is 19.1 Å². The lowest BCUT2D eigenvalue weighted by Gasteiger charge is -2.36. The van der Waals surface area contributed by atoms with E-state index in [0.29, 0.717) is 67.5 Å². The van der Waals surface area contributed by atoms with Crippen molar-refractivity contribution in [1.82, 2.24) is 15.2 Å². The SMILES string of the molecule is CF.Cc1cc(-c2ccc(N3CCN(C(=O)CCOC4C=CC=C(C=O)C=C4)CC3)c(F)c2)no1.Nc1ccon1. The number of amides is 1. The molecule has 12 heteroatoms. The van der Waals surface area contributed by atoms with Crippen LogP contribution in [0.2, 0.25) is 0 Å². The van der Waals surface area contributed by atoms with Gasteiger partial charge in [-0.3, -0.25) is 14.0 Å². The Morgan fingerprint density at radius 2 is 1.93 bits per heavy atom. The molecule has 1 aromatic carbocycles. The third kappa shape index (κ3) is 9.24. The monoisotopic (exact) mass is 569 g/mol. The predicted octanol–water partition coefficient (Wildman–Crippen LogP) is 4.31. The summed E-state index contributed by atoms with van der Waals surface area (Å²) in [7, 11) is 0.500.